The fourth-order valence-electron chi connectivity index (χ4n) is 2.91. The van der Waals surface area contributed by atoms with Gasteiger partial charge in [0.2, 0.25) is 0 Å². The van der Waals surface area contributed by atoms with Gasteiger partial charge in [-0.05, 0) is 52.5 Å². The quantitative estimate of drug-likeness (QED) is 0.678. The molecule has 1 aliphatic carbocycles. The number of nitrogens with zero attached hydrogens (tertiary/aromatic N) is 1. The second-order valence-electron chi connectivity index (χ2n) is 6.16. The van der Waals surface area contributed by atoms with E-state index in [0.717, 1.165) is 31.4 Å². The minimum Gasteiger partial charge on any atom is -0.371 e. The van der Waals surface area contributed by atoms with Gasteiger partial charge in [-0.3, -0.25) is 4.90 Å². The lowest BCUT2D eigenvalue weighted by Gasteiger charge is -2.39. The minimum absolute atomic E-state index is 0.0996. The highest BCUT2D eigenvalue weighted by atomic mass is 35.5. The minimum atomic E-state index is 0.0996. The van der Waals surface area contributed by atoms with Crippen molar-refractivity contribution in [3.63, 3.8) is 0 Å². The van der Waals surface area contributed by atoms with Gasteiger partial charge in [-0.1, -0.05) is 6.42 Å². The van der Waals surface area contributed by atoms with Crippen LogP contribution >= 0.6 is 11.6 Å². The monoisotopic (exact) mass is 259 g/mol. The second-order valence-corrected chi connectivity index (χ2v) is 6.54. The lowest BCUT2D eigenvalue weighted by atomic mass is 9.91. The van der Waals surface area contributed by atoms with Crippen LogP contribution in [-0.4, -0.2) is 41.6 Å². The van der Waals surface area contributed by atoms with Crippen molar-refractivity contribution in [2.75, 3.05) is 19.0 Å². The zero-order chi connectivity index (χ0) is 12.3. The molecule has 0 bridgehead atoms. The van der Waals surface area contributed by atoms with Gasteiger partial charge >= 0.3 is 0 Å². The predicted molar refractivity (Wildman–Crippen MR) is 72.7 cm³/mol. The van der Waals surface area contributed by atoms with Gasteiger partial charge in [0.1, 0.15) is 0 Å². The first-order chi connectivity index (χ1) is 8.11. The highest BCUT2D eigenvalue weighted by molar-refractivity contribution is 6.17. The van der Waals surface area contributed by atoms with Gasteiger partial charge in [0.15, 0.2) is 0 Å². The van der Waals surface area contributed by atoms with Gasteiger partial charge in [-0.25, -0.2) is 0 Å². The van der Waals surface area contributed by atoms with Crippen molar-refractivity contribution in [1.82, 2.24) is 4.90 Å². The van der Waals surface area contributed by atoms with E-state index in [9.17, 15) is 0 Å². The summed E-state index contributed by atoms with van der Waals surface area (Å²) < 4.78 is 6.10. The first-order valence-corrected chi connectivity index (χ1v) is 7.62. The molecule has 0 N–H and O–H groups in total. The van der Waals surface area contributed by atoms with Crippen molar-refractivity contribution in [3.8, 4) is 0 Å². The first-order valence-electron chi connectivity index (χ1n) is 7.08. The smallest absolute Gasteiger partial charge is 0.0710 e. The van der Waals surface area contributed by atoms with Crippen LogP contribution in [0.2, 0.25) is 0 Å². The summed E-state index contributed by atoms with van der Waals surface area (Å²) in [6, 6.07) is 0.811. The zero-order valence-corrected chi connectivity index (χ0v) is 12.0. The molecule has 0 radical (unpaired) electrons. The van der Waals surface area contributed by atoms with E-state index in [0.29, 0.717) is 6.10 Å². The molecule has 1 saturated carbocycles. The maximum absolute atomic E-state index is 6.10. The lowest BCUT2D eigenvalue weighted by molar-refractivity contribution is -0.0387. The molecule has 0 aromatic rings. The molecule has 100 valence electrons. The van der Waals surface area contributed by atoms with Crippen molar-refractivity contribution in [2.45, 2.75) is 70.1 Å². The molecule has 2 rings (SSSR count). The summed E-state index contributed by atoms with van der Waals surface area (Å²) in [7, 11) is 0. The molecule has 2 nitrogen and oxygen atoms in total. The van der Waals surface area contributed by atoms with E-state index >= 15 is 0 Å². The Hall–Kier alpha value is 0.210. The Morgan fingerprint density at radius 1 is 1.29 bits per heavy atom. The van der Waals surface area contributed by atoms with Crippen LogP contribution in [0, 0.1) is 0 Å². The molecule has 1 unspecified atom stereocenters. The predicted octanol–water partition coefficient (Wildman–Crippen LogP) is 3.43. The van der Waals surface area contributed by atoms with Crippen LogP contribution in [0.15, 0.2) is 0 Å². The highest BCUT2D eigenvalue weighted by Crippen LogP contribution is 2.32. The van der Waals surface area contributed by atoms with Crippen molar-refractivity contribution < 1.29 is 4.74 Å². The van der Waals surface area contributed by atoms with E-state index in [1.165, 1.54) is 32.1 Å². The van der Waals surface area contributed by atoms with Gasteiger partial charge in [0.25, 0.3) is 0 Å². The Bertz CT molecular complexity index is 240. The first kappa shape index (κ1) is 13.6. The maximum Gasteiger partial charge on any atom is 0.0710 e. The molecule has 3 heteroatoms. The van der Waals surface area contributed by atoms with Gasteiger partial charge in [0.05, 0.1) is 11.7 Å². The van der Waals surface area contributed by atoms with Crippen molar-refractivity contribution >= 4 is 11.6 Å². The van der Waals surface area contributed by atoms with Crippen LogP contribution in [0.4, 0.5) is 0 Å². The average Bonchev–Trinajstić information content (AvgIpc) is 2.52. The van der Waals surface area contributed by atoms with Crippen molar-refractivity contribution in [2.24, 2.45) is 0 Å². The number of hydrogen-bond acceptors (Lipinski definition) is 2. The third-order valence-corrected chi connectivity index (χ3v) is 4.43. The average molecular weight is 260 g/mol. The van der Waals surface area contributed by atoms with Crippen molar-refractivity contribution in [1.29, 1.82) is 0 Å². The number of alkyl halides is 1. The normalized spacial score (nSPS) is 28.6. The summed E-state index contributed by atoms with van der Waals surface area (Å²) in [4.78, 5) is 2.62. The molecular weight excluding hydrogens is 234 g/mol. The molecule has 0 aromatic heterocycles. The third kappa shape index (κ3) is 3.84. The fourth-order valence-corrected chi connectivity index (χ4v) is 3.02. The summed E-state index contributed by atoms with van der Waals surface area (Å²) in [5.74, 6) is 0.778. The molecule has 0 aromatic carbocycles. The Morgan fingerprint density at radius 3 is 2.53 bits per heavy atom. The number of hydrogen-bond donors (Lipinski definition) is 0. The topological polar surface area (TPSA) is 12.5 Å². The Kier molecular flexibility index (Phi) is 4.73. The molecule has 1 aliphatic heterocycles. The standard InChI is InChI=1S/C14H26ClNO/c1-14(2)8-7-13(17-14)11-16(10-4-9-15)12-5-3-6-12/h12-13H,3-11H2,1-2H3. The molecule has 1 heterocycles. The van der Waals surface area contributed by atoms with E-state index in [1.807, 2.05) is 0 Å². The largest absolute Gasteiger partial charge is 0.371 e. The van der Waals surface area contributed by atoms with Crippen LogP contribution in [0.3, 0.4) is 0 Å². The second kappa shape index (κ2) is 5.90. The van der Waals surface area contributed by atoms with E-state index < -0.39 is 0 Å². The molecule has 0 amide bonds. The zero-order valence-electron chi connectivity index (χ0n) is 11.3. The van der Waals surface area contributed by atoms with Gasteiger partial charge < -0.3 is 4.74 Å². The summed E-state index contributed by atoms with van der Waals surface area (Å²) in [5, 5.41) is 0. The summed E-state index contributed by atoms with van der Waals surface area (Å²) in [6.07, 6.45) is 8.12. The van der Waals surface area contributed by atoms with Crippen LogP contribution in [0.1, 0.15) is 52.4 Å². The number of rotatable bonds is 6. The van der Waals surface area contributed by atoms with E-state index in [4.69, 9.17) is 16.3 Å². The van der Waals surface area contributed by atoms with E-state index in [-0.39, 0.29) is 5.60 Å². The molecule has 2 aliphatic rings. The van der Waals surface area contributed by atoms with Crippen LogP contribution in [0.25, 0.3) is 0 Å². The number of halogens is 1. The summed E-state index contributed by atoms with van der Waals surface area (Å²) in [5.41, 5.74) is 0.0996. The molecule has 0 spiro atoms. The van der Waals surface area contributed by atoms with Crippen molar-refractivity contribution in [3.05, 3.63) is 0 Å². The van der Waals surface area contributed by atoms with Crippen LogP contribution < -0.4 is 0 Å². The SMILES string of the molecule is CC1(C)CCC(CN(CCCCl)C2CCC2)O1. The Labute approximate surface area is 111 Å². The summed E-state index contributed by atoms with van der Waals surface area (Å²) in [6.45, 7) is 6.68. The molecule has 1 saturated heterocycles. The van der Waals surface area contributed by atoms with Gasteiger partial charge in [0, 0.05) is 18.5 Å². The fraction of sp³-hybridized carbons (Fsp3) is 1.00. The summed E-state index contributed by atoms with van der Waals surface area (Å²) >= 11 is 5.82. The maximum atomic E-state index is 6.10. The van der Waals surface area contributed by atoms with Crippen LogP contribution in [0.5, 0.6) is 0 Å². The van der Waals surface area contributed by atoms with Gasteiger partial charge in [-0.2, -0.15) is 0 Å². The third-order valence-electron chi connectivity index (χ3n) is 4.16. The van der Waals surface area contributed by atoms with Crippen LogP contribution in [-0.2, 0) is 4.74 Å². The van der Waals surface area contributed by atoms with E-state index in [2.05, 4.69) is 18.7 Å². The molecular formula is C14H26ClNO. The Morgan fingerprint density at radius 2 is 2.06 bits per heavy atom. The lowest BCUT2D eigenvalue weighted by Crippen LogP contribution is -2.45. The highest BCUT2D eigenvalue weighted by Gasteiger charge is 2.34. The Balaban J connectivity index is 1.80. The molecule has 1 atom stereocenters. The van der Waals surface area contributed by atoms with Gasteiger partial charge in [-0.15, -0.1) is 11.6 Å². The molecule has 17 heavy (non-hydrogen) atoms. The molecule has 2 fully saturated rings. The van der Waals surface area contributed by atoms with E-state index in [1.54, 1.807) is 0 Å². The number of ether oxygens (including phenoxy) is 1.